The zero-order valence-corrected chi connectivity index (χ0v) is 16.6. The Labute approximate surface area is 166 Å². The lowest BCUT2D eigenvalue weighted by Gasteiger charge is -2.22. The Hall–Kier alpha value is -3.14. The smallest absolute Gasteiger partial charge is 0.123 e. The third-order valence-electron chi connectivity index (χ3n) is 5.03. The van der Waals surface area contributed by atoms with Crippen molar-refractivity contribution in [2.24, 2.45) is 0 Å². The van der Waals surface area contributed by atoms with Crippen molar-refractivity contribution in [1.82, 2.24) is 0 Å². The van der Waals surface area contributed by atoms with Gasteiger partial charge in [0.15, 0.2) is 0 Å². The Morgan fingerprint density at radius 1 is 0.643 bits per heavy atom. The molecule has 0 bridgehead atoms. The predicted octanol–water partition coefficient (Wildman–Crippen LogP) is 5.42. The summed E-state index contributed by atoms with van der Waals surface area (Å²) in [5, 5.41) is 21.3. The van der Waals surface area contributed by atoms with Crippen molar-refractivity contribution >= 4 is 0 Å². The normalized spacial score (nSPS) is 11.1. The van der Waals surface area contributed by atoms with Crippen LogP contribution in [0.3, 0.4) is 0 Å². The Bertz CT molecular complexity index is 892. The molecule has 0 amide bonds. The van der Waals surface area contributed by atoms with Crippen LogP contribution in [0.5, 0.6) is 23.0 Å². The second-order valence-corrected chi connectivity index (χ2v) is 7.10. The fourth-order valence-corrected chi connectivity index (χ4v) is 3.39. The average Bonchev–Trinajstić information content (AvgIpc) is 2.70. The van der Waals surface area contributed by atoms with E-state index in [0.29, 0.717) is 28.5 Å². The molecule has 3 aromatic rings. The van der Waals surface area contributed by atoms with Crippen molar-refractivity contribution in [3.8, 4) is 23.0 Å². The lowest BCUT2D eigenvalue weighted by molar-refractivity contribution is 0.404. The van der Waals surface area contributed by atoms with Crippen LogP contribution in [0, 0.1) is 0 Å². The van der Waals surface area contributed by atoms with Crippen molar-refractivity contribution in [2.45, 2.75) is 25.7 Å². The van der Waals surface area contributed by atoms with E-state index in [0.717, 1.165) is 5.56 Å². The van der Waals surface area contributed by atoms with E-state index in [4.69, 9.17) is 9.47 Å². The van der Waals surface area contributed by atoms with E-state index in [1.165, 1.54) is 5.56 Å². The lowest BCUT2D eigenvalue weighted by Crippen LogP contribution is -2.05. The number of hydrogen-bond acceptors (Lipinski definition) is 4. The Morgan fingerprint density at radius 3 is 1.43 bits per heavy atom. The molecule has 0 radical (unpaired) electrons. The molecule has 0 spiro atoms. The first-order chi connectivity index (χ1) is 13.4. The predicted molar refractivity (Wildman–Crippen MR) is 111 cm³/mol. The summed E-state index contributed by atoms with van der Waals surface area (Å²) in [4.78, 5) is 0. The van der Waals surface area contributed by atoms with Crippen molar-refractivity contribution in [1.29, 1.82) is 0 Å². The second-order valence-electron chi connectivity index (χ2n) is 7.10. The van der Waals surface area contributed by atoms with Crippen molar-refractivity contribution in [3.05, 3.63) is 82.9 Å². The summed E-state index contributed by atoms with van der Waals surface area (Å²) in [5.41, 5.74) is 3.60. The summed E-state index contributed by atoms with van der Waals surface area (Å²) in [7, 11) is 3.12. The SMILES string of the molecule is COc1ccc(C(c2ccc(C(C)C)cc2)c2ccc(OC)cc2O)c(O)c1. The van der Waals surface area contributed by atoms with E-state index in [-0.39, 0.29) is 17.4 Å². The molecule has 0 unspecified atom stereocenters. The third-order valence-corrected chi connectivity index (χ3v) is 5.03. The van der Waals surface area contributed by atoms with Gasteiger partial charge in [-0.2, -0.15) is 0 Å². The topological polar surface area (TPSA) is 58.9 Å². The van der Waals surface area contributed by atoms with E-state index in [1.807, 2.05) is 36.4 Å². The summed E-state index contributed by atoms with van der Waals surface area (Å²) in [6.45, 7) is 4.30. The van der Waals surface area contributed by atoms with Gasteiger partial charge in [-0.05, 0) is 29.2 Å². The molecule has 0 aliphatic rings. The number of aromatic hydroxyl groups is 2. The fraction of sp³-hybridized carbons (Fsp3) is 0.250. The highest BCUT2D eigenvalue weighted by Crippen LogP contribution is 2.42. The zero-order chi connectivity index (χ0) is 20.3. The van der Waals surface area contributed by atoms with Gasteiger partial charge in [-0.1, -0.05) is 50.2 Å². The van der Waals surface area contributed by atoms with E-state index < -0.39 is 0 Å². The van der Waals surface area contributed by atoms with Gasteiger partial charge >= 0.3 is 0 Å². The highest BCUT2D eigenvalue weighted by molar-refractivity contribution is 5.55. The molecule has 0 atom stereocenters. The number of methoxy groups -OCH3 is 2. The standard InChI is InChI=1S/C24H26O4/c1-15(2)16-5-7-17(8-6-16)24(20-11-9-18(27-3)13-22(20)25)21-12-10-19(28-4)14-23(21)26/h5-15,24-26H,1-4H3. The monoisotopic (exact) mass is 378 g/mol. The number of ether oxygens (including phenoxy) is 2. The first kappa shape index (κ1) is 19.6. The Kier molecular flexibility index (Phi) is 5.78. The largest absolute Gasteiger partial charge is 0.507 e. The highest BCUT2D eigenvalue weighted by Gasteiger charge is 2.23. The average molecular weight is 378 g/mol. The van der Waals surface area contributed by atoms with Crippen LogP contribution in [0.4, 0.5) is 0 Å². The third kappa shape index (κ3) is 3.91. The van der Waals surface area contributed by atoms with Crippen molar-refractivity contribution in [3.63, 3.8) is 0 Å². The Balaban J connectivity index is 2.16. The van der Waals surface area contributed by atoms with Gasteiger partial charge in [0.05, 0.1) is 14.2 Å². The maximum atomic E-state index is 10.7. The molecule has 0 aliphatic heterocycles. The molecule has 0 aromatic heterocycles. The molecule has 0 heterocycles. The first-order valence-electron chi connectivity index (χ1n) is 9.28. The van der Waals surface area contributed by atoms with Gasteiger partial charge in [-0.25, -0.2) is 0 Å². The van der Waals surface area contributed by atoms with Gasteiger partial charge in [0.1, 0.15) is 23.0 Å². The van der Waals surface area contributed by atoms with Gasteiger partial charge in [-0.15, -0.1) is 0 Å². The molecule has 0 fully saturated rings. The van der Waals surface area contributed by atoms with Crippen molar-refractivity contribution in [2.75, 3.05) is 14.2 Å². The molecule has 2 N–H and O–H groups in total. The molecule has 4 nitrogen and oxygen atoms in total. The summed E-state index contributed by atoms with van der Waals surface area (Å²) in [6, 6.07) is 18.7. The van der Waals surface area contributed by atoms with Gasteiger partial charge in [-0.3, -0.25) is 0 Å². The van der Waals surface area contributed by atoms with Gasteiger partial charge < -0.3 is 19.7 Å². The maximum absolute atomic E-state index is 10.7. The summed E-state index contributed by atoms with van der Waals surface area (Å²) < 4.78 is 10.4. The minimum Gasteiger partial charge on any atom is -0.507 e. The summed E-state index contributed by atoms with van der Waals surface area (Å²) in [5.74, 6) is 1.48. The minimum atomic E-state index is -0.335. The molecule has 4 heteroatoms. The number of hydrogen-bond donors (Lipinski definition) is 2. The van der Waals surface area contributed by atoms with Crippen LogP contribution in [0.15, 0.2) is 60.7 Å². The second kappa shape index (κ2) is 8.26. The van der Waals surface area contributed by atoms with E-state index in [2.05, 4.69) is 26.0 Å². The van der Waals surface area contributed by atoms with Gasteiger partial charge in [0.25, 0.3) is 0 Å². The summed E-state index contributed by atoms with van der Waals surface area (Å²) >= 11 is 0. The number of phenols is 2. The van der Waals surface area contributed by atoms with E-state index in [9.17, 15) is 10.2 Å². The molecule has 3 rings (SSSR count). The van der Waals surface area contributed by atoms with Crippen LogP contribution in [0.2, 0.25) is 0 Å². The van der Waals surface area contributed by atoms with Crippen LogP contribution >= 0.6 is 0 Å². The lowest BCUT2D eigenvalue weighted by atomic mass is 9.83. The van der Waals surface area contributed by atoms with E-state index in [1.54, 1.807) is 26.4 Å². The molecular formula is C24H26O4. The van der Waals surface area contributed by atoms with Crippen LogP contribution in [-0.2, 0) is 0 Å². The zero-order valence-electron chi connectivity index (χ0n) is 16.6. The Morgan fingerprint density at radius 2 is 1.07 bits per heavy atom. The maximum Gasteiger partial charge on any atom is 0.123 e. The van der Waals surface area contributed by atoms with Crippen molar-refractivity contribution < 1.29 is 19.7 Å². The van der Waals surface area contributed by atoms with E-state index >= 15 is 0 Å². The number of phenolic OH excluding ortho intramolecular Hbond substituents is 2. The number of benzene rings is 3. The van der Waals surface area contributed by atoms with Gasteiger partial charge in [0, 0.05) is 29.2 Å². The molecular weight excluding hydrogens is 352 g/mol. The quantitative estimate of drug-likeness (QED) is 0.563. The molecule has 0 saturated carbocycles. The molecule has 0 aliphatic carbocycles. The highest BCUT2D eigenvalue weighted by atomic mass is 16.5. The summed E-state index contributed by atoms with van der Waals surface area (Å²) in [6.07, 6.45) is 0. The minimum absolute atomic E-state index is 0.118. The van der Waals surface area contributed by atoms with Crippen LogP contribution in [0.25, 0.3) is 0 Å². The van der Waals surface area contributed by atoms with Gasteiger partial charge in [0.2, 0.25) is 0 Å². The molecule has 0 saturated heterocycles. The molecule has 146 valence electrons. The molecule has 3 aromatic carbocycles. The number of rotatable bonds is 6. The fourth-order valence-electron chi connectivity index (χ4n) is 3.39. The van der Waals surface area contributed by atoms with Crippen LogP contribution in [0.1, 0.15) is 47.9 Å². The first-order valence-corrected chi connectivity index (χ1v) is 9.28. The van der Waals surface area contributed by atoms with Crippen LogP contribution in [-0.4, -0.2) is 24.4 Å². The van der Waals surface area contributed by atoms with Crippen LogP contribution < -0.4 is 9.47 Å². The molecule has 28 heavy (non-hydrogen) atoms.